The number of nitrogens with two attached hydrogens (primary N) is 1. The van der Waals surface area contributed by atoms with Crippen LogP contribution in [-0.2, 0) is 6.54 Å². The molecule has 0 aromatic carbocycles. The average molecular weight is 316 g/mol. The van der Waals surface area contributed by atoms with E-state index in [2.05, 4.69) is 31.6 Å². The fourth-order valence-electron chi connectivity index (χ4n) is 1.38. The van der Waals surface area contributed by atoms with E-state index in [0.717, 1.165) is 9.48 Å². The molecule has 2 heterocycles. The number of hydrogen-bond donors (Lipinski definition) is 2. The Hall–Kier alpha value is -1.25. The van der Waals surface area contributed by atoms with E-state index in [1.807, 2.05) is 0 Å². The maximum absolute atomic E-state index is 11.9. The number of nitrogen functional groups attached to an aromatic ring is 1. The van der Waals surface area contributed by atoms with Crippen molar-refractivity contribution in [2.75, 3.05) is 5.43 Å². The van der Waals surface area contributed by atoms with Crippen molar-refractivity contribution in [3.63, 3.8) is 0 Å². The number of nitrogens with zero attached hydrogens (tertiary/aromatic N) is 3. The second-order valence-corrected chi connectivity index (χ2v) is 5.40. The highest BCUT2D eigenvalue weighted by Crippen LogP contribution is 2.15. The van der Waals surface area contributed by atoms with Crippen molar-refractivity contribution in [1.29, 1.82) is 0 Å². The molecule has 17 heavy (non-hydrogen) atoms. The van der Waals surface area contributed by atoms with Gasteiger partial charge in [-0.2, -0.15) is 0 Å². The Bertz CT molecular complexity index is 593. The van der Waals surface area contributed by atoms with Gasteiger partial charge in [0.2, 0.25) is 5.13 Å². The Morgan fingerprint density at radius 3 is 3.00 bits per heavy atom. The first-order valence-corrected chi connectivity index (χ1v) is 6.36. The lowest BCUT2D eigenvalue weighted by atomic mass is 10.3. The summed E-state index contributed by atoms with van der Waals surface area (Å²) in [5, 5.41) is 8.99. The van der Waals surface area contributed by atoms with Gasteiger partial charge in [-0.1, -0.05) is 11.3 Å². The molecular formula is C9H10BrN5OS. The summed E-state index contributed by atoms with van der Waals surface area (Å²) in [5.41, 5.74) is 3.06. The molecule has 0 saturated carbocycles. The van der Waals surface area contributed by atoms with Crippen molar-refractivity contribution in [3.05, 3.63) is 37.7 Å². The van der Waals surface area contributed by atoms with Gasteiger partial charge in [0.15, 0.2) is 0 Å². The average Bonchev–Trinajstić information content (AvgIpc) is 2.73. The van der Waals surface area contributed by atoms with Crippen LogP contribution in [0.3, 0.4) is 0 Å². The van der Waals surface area contributed by atoms with Crippen LogP contribution in [0.1, 0.15) is 10.6 Å². The van der Waals surface area contributed by atoms with Crippen molar-refractivity contribution in [2.24, 2.45) is 5.84 Å². The molecule has 0 fully saturated rings. The van der Waals surface area contributed by atoms with E-state index in [1.54, 1.807) is 23.8 Å². The summed E-state index contributed by atoms with van der Waals surface area (Å²) in [6.45, 7) is 2.16. The van der Waals surface area contributed by atoms with Crippen LogP contribution in [0.2, 0.25) is 0 Å². The number of aryl methyl sites for hydroxylation is 1. The molecule has 90 valence electrons. The van der Waals surface area contributed by atoms with Gasteiger partial charge in [0.1, 0.15) is 5.01 Å². The molecule has 2 rings (SSSR count). The van der Waals surface area contributed by atoms with Gasteiger partial charge in [0.25, 0.3) is 5.56 Å². The van der Waals surface area contributed by atoms with Gasteiger partial charge in [-0.25, -0.2) is 5.84 Å². The zero-order valence-corrected chi connectivity index (χ0v) is 11.4. The minimum absolute atomic E-state index is 0.0364. The predicted octanol–water partition coefficient (Wildman–Crippen LogP) is 1.10. The maximum atomic E-state index is 11.9. The number of aromatic nitrogens is 3. The van der Waals surface area contributed by atoms with Crippen molar-refractivity contribution in [1.82, 2.24) is 14.8 Å². The molecule has 8 heteroatoms. The van der Waals surface area contributed by atoms with Crippen LogP contribution in [0, 0.1) is 6.92 Å². The third-order valence-electron chi connectivity index (χ3n) is 2.13. The number of rotatable bonds is 3. The summed E-state index contributed by atoms with van der Waals surface area (Å²) < 4.78 is 2.44. The van der Waals surface area contributed by atoms with E-state index in [4.69, 9.17) is 5.84 Å². The molecule has 0 spiro atoms. The molecule has 0 bridgehead atoms. The van der Waals surface area contributed by atoms with E-state index in [9.17, 15) is 4.79 Å². The van der Waals surface area contributed by atoms with Crippen molar-refractivity contribution >= 4 is 32.4 Å². The van der Waals surface area contributed by atoms with Gasteiger partial charge in [-0.15, -0.1) is 10.2 Å². The number of nitrogens with one attached hydrogen (secondary N) is 1. The molecule has 0 amide bonds. The molecule has 0 atom stereocenters. The smallest absolute Gasteiger partial charge is 0.253 e. The Balaban J connectivity index is 2.32. The van der Waals surface area contributed by atoms with Crippen molar-refractivity contribution in [3.8, 4) is 0 Å². The zero-order valence-electron chi connectivity index (χ0n) is 8.98. The lowest BCUT2D eigenvalue weighted by Gasteiger charge is -2.04. The second kappa shape index (κ2) is 4.94. The van der Waals surface area contributed by atoms with Crippen LogP contribution in [0.15, 0.2) is 21.5 Å². The van der Waals surface area contributed by atoms with Gasteiger partial charge in [-0.3, -0.25) is 10.2 Å². The maximum Gasteiger partial charge on any atom is 0.253 e. The quantitative estimate of drug-likeness (QED) is 0.654. The Morgan fingerprint density at radius 2 is 2.35 bits per heavy atom. The fraction of sp³-hybridized carbons (Fsp3) is 0.222. The summed E-state index contributed by atoms with van der Waals surface area (Å²) in [6, 6.07) is 1.78. The molecule has 6 nitrogen and oxygen atoms in total. The number of hydrazine groups is 1. The third kappa shape index (κ3) is 2.71. The summed E-state index contributed by atoms with van der Waals surface area (Å²) in [4.78, 5) is 11.9. The fourth-order valence-corrected chi connectivity index (χ4v) is 2.62. The zero-order chi connectivity index (χ0) is 12.4. The van der Waals surface area contributed by atoms with Gasteiger partial charge in [-0.05, 0) is 28.9 Å². The van der Waals surface area contributed by atoms with E-state index >= 15 is 0 Å². The molecule has 3 N–H and O–H groups in total. The molecule has 0 aliphatic rings. The molecule has 0 unspecified atom stereocenters. The van der Waals surface area contributed by atoms with E-state index < -0.39 is 0 Å². The van der Waals surface area contributed by atoms with Gasteiger partial charge >= 0.3 is 0 Å². The van der Waals surface area contributed by atoms with E-state index in [1.165, 1.54) is 11.3 Å². The first-order chi connectivity index (χ1) is 8.10. The van der Waals surface area contributed by atoms with Crippen molar-refractivity contribution in [2.45, 2.75) is 13.5 Å². The summed E-state index contributed by atoms with van der Waals surface area (Å²) in [5.74, 6) is 5.22. The molecule has 0 saturated heterocycles. The second-order valence-electron chi connectivity index (χ2n) is 3.42. The number of halogens is 1. The molecular weight excluding hydrogens is 306 g/mol. The Kier molecular flexibility index (Phi) is 3.55. The molecule has 0 aliphatic heterocycles. The van der Waals surface area contributed by atoms with Crippen LogP contribution in [0.25, 0.3) is 0 Å². The SMILES string of the molecule is Cc1cc(Br)cn(Cc2nnc(NN)s2)c1=O. The standard InChI is InChI=1S/C9H10BrN5OS/c1-5-2-6(10)3-15(8(5)16)4-7-13-14-9(12-11)17-7/h2-3H,4,11H2,1H3,(H,12,14). The first-order valence-electron chi connectivity index (χ1n) is 4.75. The Morgan fingerprint density at radius 1 is 1.59 bits per heavy atom. The monoisotopic (exact) mass is 315 g/mol. The van der Waals surface area contributed by atoms with E-state index in [-0.39, 0.29) is 5.56 Å². The van der Waals surface area contributed by atoms with Crippen molar-refractivity contribution < 1.29 is 0 Å². The van der Waals surface area contributed by atoms with Crippen LogP contribution in [-0.4, -0.2) is 14.8 Å². The summed E-state index contributed by atoms with van der Waals surface area (Å²) in [7, 11) is 0. The van der Waals surface area contributed by atoms with Crippen LogP contribution >= 0.6 is 27.3 Å². The van der Waals surface area contributed by atoms with E-state index in [0.29, 0.717) is 17.2 Å². The Labute approximate surface area is 110 Å². The minimum Gasteiger partial charge on any atom is -0.307 e. The molecule has 0 radical (unpaired) electrons. The third-order valence-corrected chi connectivity index (χ3v) is 3.40. The van der Waals surface area contributed by atoms with Crippen LogP contribution in [0.4, 0.5) is 5.13 Å². The van der Waals surface area contributed by atoms with Crippen LogP contribution in [0.5, 0.6) is 0 Å². The van der Waals surface area contributed by atoms with Gasteiger partial charge < -0.3 is 4.57 Å². The van der Waals surface area contributed by atoms with Gasteiger partial charge in [0, 0.05) is 16.2 Å². The summed E-state index contributed by atoms with van der Waals surface area (Å²) in [6.07, 6.45) is 1.73. The van der Waals surface area contributed by atoms with Crippen LogP contribution < -0.4 is 16.8 Å². The topological polar surface area (TPSA) is 85.8 Å². The largest absolute Gasteiger partial charge is 0.307 e. The number of anilines is 1. The normalized spacial score (nSPS) is 10.5. The number of hydrogen-bond acceptors (Lipinski definition) is 6. The van der Waals surface area contributed by atoms with Gasteiger partial charge in [0.05, 0.1) is 6.54 Å². The molecule has 0 aliphatic carbocycles. The first kappa shape index (κ1) is 12.2. The lowest BCUT2D eigenvalue weighted by Crippen LogP contribution is -2.22. The lowest BCUT2D eigenvalue weighted by molar-refractivity contribution is 0.735. The molecule has 2 aromatic rings. The highest BCUT2D eigenvalue weighted by molar-refractivity contribution is 9.10. The molecule has 2 aromatic heterocycles. The predicted molar refractivity (Wildman–Crippen MR) is 70.0 cm³/mol. The number of pyridine rings is 1. The summed E-state index contributed by atoms with van der Waals surface area (Å²) >= 11 is 4.67. The highest BCUT2D eigenvalue weighted by atomic mass is 79.9. The minimum atomic E-state index is -0.0364. The highest BCUT2D eigenvalue weighted by Gasteiger charge is 2.07.